The smallest absolute Gasteiger partial charge is 0.407 e. The summed E-state index contributed by atoms with van der Waals surface area (Å²) >= 11 is 0. The van der Waals surface area contributed by atoms with Crippen molar-refractivity contribution in [2.24, 2.45) is 5.41 Å². The maximum atomic E-state index is 14.2. The Hall–Kier alpha value is -7.85. The first-order valence-electron chi connectivity index (χ1n) is 48.2. The first kappa shape index (κ1) is 120. The van der Waals surface area contributed by atoms with E-state index < -0.39 is 159 Å². The van der Waals surface area contributed by atoms with Crippen LogP contribution in [0.3, 0.4) is 0 Å². The van der Waals surface area contributed by atoms with Crippen LogP contribution in [-0.2, 0) is 110 Å². The molecule has 136 heavy (non-hydrogen) atoms. The molecule has 784 valence electrons. The summed E-state index contributed by atoms with van der Waals surface area (Å²) in [5.74, 6) is -2.96. The summed E-state index contributed by atoms with van der Waals surface area (Å²) < 4.78 is 72.5. The molecule has 4 fully saturated rings. The van der Waals surface area contributed by atoms with Crippen molar-refractivity contribution >= 4 is 77.1 Å². The Bertz CT molecular complexity index is 3190. The molecule has 19 N–H and O–H groups in total. The Balaban J connectivity index is 1.29. The number of nitrogens with zero attached hydrogens (tertiary/aromatic N) is 1. The van der Waals surface area contributed by atoms with E-state index in [1.807, 2.05) is 0 Å². The van der Waals surface area contributed by atoms with Gasteiger partial charge in [0.05, 0.1) is 98.0 Å². The van der Waals surface area contributed by atoms with Crippen LogP contribution in [-0.4, -0.2) is 391 Å². The van der Waals surface area contributed by atoms with Gasteiger partial charge in [0.25, 0.3) is 0 Å². The van der Waals surface area contributed by atoms with E-state index >= 15 is 0 Å². The van der Waals surface area contributed by atoms with Gasteiger partial charge in [0, 0.05) is 139 Å². The van der Waals surface area contributed by atoms with E-state index in [0.717, 1.165) is 19.3 Å². The summed E-state index contributed by atoms with van der Waals surface area (Å²) in [6.07, 6.45) is -4.89. The Labute approximate surface area is 796 Å². The number of methoxy groups -OCH3 is 2. The number of aliphatic hydroxyl groups is 9. The highest BCUT2D eigenvalue weighted by Crippen LogP contribution is 2.40. The first-order chi connectivity index (χ1) is 65.4. The van der Waals surface area contributed by atoms with Gasteiger partial charge in [-0.15, -0.1) is 0 Å². The number of carbonyl (C=O) groups excluding carboxylic acids is 13. The molecular weight excluding hydrogens is 1800 g/mol. The molecule has 0 saturated carbocycles. The van der Waals surface area contributed by atoms with Crippen LogP contribution < -0.4 is 53.2 Å². The summed E-state index contributed by atoms with van der Waals surface area (Å²) in [4.78, 5) is 167. The molecule has 0 spiro atoms. The van der Waals surface area contributed by atoms with Crippen LogP contribution >= 0.6 is 0 Å². The molecule has 0 aliphatic carbocycles. The topological polar surface area (TPSA) is 648 Å². The minimum Gasteiger partial charge on any atom is -0.450 e. The molecular formula is C90H159N11O35. The number of hydrogen-bond acceptors (Lipinski definition) is 35. The second kappa shape index (κ2) is 71.6. The fraction of sp³-hybridized carbons (Fsp3) is 0.856. The zero-order valence-electron chi connectivity index (χ0n) is 80.1. The van der Waals surface area contributed by atoms with Gasteiger partial charge in [-0.3, -0.25) is 47.9 Å². The molecule has 46 nitrogen and oxygen atoms in total. The van der Waals surface area contributed by atoms with Gasteiger partial charge >= 0.3 is 18.3 Å². The monoisotopic (exact) mass is 1950 g/mol. The van der Waals surface area contributed by atoms with E-state index in [1.165, 1.54) is 20.8 Å². The maximum absolute atomic E-state index is 14.2. The second-order valence-corrected chi connectivity index (χ2v) is 34.7. The average Bonchev–Trinajstić information content (AvgIpc) is 1.50. The fourth-order valence-corrected chi connectivity index (χ4v) is 16.1. The fourth-order valence-electron chi connectivity index (χ4n) is 16.1. The highest BCUT2D eigenvalue weighted by Gasteiger charge is 2.49. The Morgan fingerprint density at radius 3 is 1.07 bits per heavy atom. The largest absolute Gasteiger partial charge is 0.450 e. The van der Waals surface area contributed by atoms with E-state index in [0.29, 0.717) is 136 Å². The van der Waals surface area contributed by atoms with Crippen molar-refractivity contribution in [1.82, 2.24) is 58.1 Å². The molecule has 15 unspecified atom stereocenters. The van der Waals surface area contributed by atoms with Crippen molar-refractivity contribution in [2.45, 2.75) is 330 Å². The van der Waals surface area contributed by atoms with Crippen LogP contribution in [0.1, 0.15) is 226 Å². The minimum atomic E-state index is -1.47. The zero-order chi connectivity index (χ0) is 99.8. The molecule has 11 amide bonds. The highest BCUT2D eigenvalue weighted by molar-refractivity contribution is 5.85. The van der Waals surface area contributed by atoms with Gasteiger partial charge in [-0.2, -0.15) is 0 Å². The van der Waals surface area contributed by atoms with Gasteiger partial charge in [-0.25, -0.2) is 14.4 Å². The minimum absolute atomic E-state index is 0.00175. The number of hydrogen-bond donors (Lipinski definition) is 19. The Kier molecular flexibility index (Phi) is 63.4. The third-order valence-electron chi connectivity index (χ3n) is 23.5. The molecule has 4 aliphatic heterocycles. The molecule has 4 heterocycles. The Morgan fingerprint density at radius 1 is 0.360 bits per heavy atom. The van der Waals surface area contributed by atoms with Crippen LogP contribution in [0.25, 0.3) is 0 Å². The maximum Gasteiger partial charge on any atom is 0.407 e. The van der Waals surface area contributed by atoms with Crippen molar-refractivity contribution in [3.63, 3.8) is 0 Å². The number of aliphatic hydroxyl groups excluding tert-OH is 9. The van der Waals surface area contributed by atoms with Crippen molar-refractivity contribution in [2.75, 3.05) is 159 Å². The van der Waals surface area contributed by atoms with Gasteiger partial charge in [0.2, 0.25) is 47.3 Å². The number of ether oxygens (including phenoxy) is 13. The molecule has 0 aromatic rings. The molecule has 4 saturated heterocycles. The lowest BCUT2D eigenvalue weighted by Crippen LogP contribution is -2.64. The van der Waals surface area contributed by atoms with Crippen LogP contribution in [0, 0.1) is 5.41 Å². The lowest BCUT2D eigenvalue weighted by molar-refractivity contribution is -0.270. The van der Waals surface area contributed by atoms with E-state index in [9.17, 15) is 108 Å². The van der Waals surface area contributed by atoms with E-state index in [1.54, 1.807) is 19.1 Å². The normalized spacial score (nSPS) is 23.5. The molecule has 0 radical (unpaired) electrons. The third kappa shape index (κ3) is 50.8. The number of alkyl carbamates (subject to hydrolysis) is 3. The van der Waals surface area contributed by atoms with Crippen LogP contribution in [0.4, 0.5) is 14.4 Å². The Morgan fingerprint density at radius 2 is 0.713 bits per heavy atom. The number of ketones is 2. The van der Waals surface area contributed by atoms with Crippen molar-refractivity contribution in [3.05, 3.63) is 0 Å². The van der Waals surface area contributed by atoms with Crippen molar-refractivity contribution < 1.29 is 170 Å². The third-order valence-corrected chi connectivity index (χ3v) is 23.5. The summed E-state index contributed by atoms with van der Waals surface area (Å²) in [6.45, 7) is 5.11. The van der Waals surface area contributed by atoms with Gasteiger partial charge in [0.15, 0.2) is 24.7 Å². The van der Waals surface area contributed by atoms with Gasteiger partial charge < -0.3 is 166 Å². The van der Waals surface area contributed by atoms with Crippen LogP contribution in [0.15, 0.2) is 0 Å². The standard InChI is InChI=1S/C90H159N11O35/c1-60(105)98-75-81(118)78(115)67(55-102)134-84(75)128-43-20-27-70(110)91-36-14-6-9-17-39-95-87(121)131-46-23-33-90(53-64(108)31-32-73(113)94-42-49-126-50-51-127-59-65(109)26-12-13-30-74(114)101-54-66(125-5)52-63(101)58-124-4,34-24-47-132-88(122)96-40-18-10-7-15-37-92-71(111)28-21-44-129-85-76(99-61(2)106)82(119)79(116)68(56-103)135-85)35-25-48-133-89(123)97-41-19-11-8-16-38-93-72(112)29-22-45-130-86-77(100-62(3)107)83(120)80(117)69(57-104)136-86/h63,66-69,75-86,102-104,115-120H,6-59H2,1-5H3,(H,91,110)(H,92,111)(H,93,112)(H,94,113)(H,95,121)(H,96,122)(H,97,123)(H,98,105)(H,99,106)(H,100,107)/t63-,66+,67?,68?,69?,75?,76?,77?,78?,79?,80?,81?,82?,83?,84?,85?,86?,90?/m1/s1. The quantitative estimate of drug-likeness (QED) is 0.0257. The van der Waals surface area contributed by atoms with Gasteiger partial charge in [-0.05, 0) is 121 Å². The lowest BCUT2D eigenvalue weighted by Gasteiger charge is -2.42. The lowest BCUT2D eigenvalue weighted by atomic mass is 9.71. The number of unbranched alkanes of at least 4 members (excludes halogenated alkanes) is 10. The number of carbonyl (C=O) groups is 13. The molecule has 0 aromatic heterocycles. The average molecular weight is 1960 g/mol. The molecule has 4 aliphatic rings. The molecule has 17 atom stereocenters. The van der Waals surface area contributed by atoms with Crippen molar-refractivity contribution in [1.29, 1.82) is 0 Å². The van der Waals surface area contributed by atoms with Crippen molar-refractivity contribution in [3.8, 4) is 0 Å². The van der Waals surface area contributed by atoms with E-state index in [2.05, 4.69) is 53.2 Å². The van der Waals surface area contributed by atoms with Gasteiger partial charge in [0.1, 0.15) is 85.5 Å². The van der Waals surface area contributed by atoms with Crippen LogP contribution in [0.5, 0.6) is 0 Å². The van der Waals surface area contributed by atoms with E-state index in [4.69, 9.17) is 61.6 Å². The molecule has 4 rings (SSSR count). The molecule has 0 aromatic carbocycles. The summed E-state index contributed by atoms with van der Waals surface area (Å²) in [5, 5.41) is 118. The first-order valence-corrected chi connectivity index (χ1v) is 48.2. The van der Waals surface area contributed by atoms with Crippen LogP contribution in [0.2, 0.25) is 0 Å². The number of likely N-dealkylation sites (tertiary alicyclic amines) is 1. The molecule has 0 bridgehead atoms. The summed E-state index contributed by atoms with van der Waals surface area (Å²) in [6, 6.07) is -3.37. The van der Waals surface area contributed by atoms with E-state index in [-0.39, 0.29) is 223 Å². The second-order valence-electron chi connectivity index (χ2n) is 34.7. The SMILES string of the molecule is COC[C@H]1C[C@H](OC)CN1C(=O)CCCCC(=O)COCCOCCNC(=O)CCC(=O)CC(CCCOC(=O)NCCCCCCNC(=O)CCCOC1OC(CO)C(O)C(O)C1NC(C)=O)(CCCOC(=O)NCCCCCCNC(=O)CCCOC1OC(CO)C(O)C(O)C1NC(C)=O)CCCOC(=O)NCCCCCCNC(=O)CCCOC1OC(CO)C(O)C(O)C1NC(C)=O. The van der Waals surface area contributed by atoms with Gasteiger partial charge in [-0.1, -0.05) is 38.5 Å². The highest BCUT2D eigenvalue weighted by atomic mass is 16.7. The predicted molar refractivity (Wildman–Crippen MR) is 484 cm³/mol. The summed E-state index contributed by atoms with van der Waals surface area (Å²) in [7, 11) is 3.21. The zero-order valence-corrected chi connectivity index (χ0v) is 80.1. The molecule has 46 heteroatoms. The number of amides is 11. The number of Topliss-reactive ketones (excluding diaryl/α,β-unsaturated/α-hetero) is 2. The predicted octanol–water partition coefficient (Wildman–Crippen LogP) is -0.976. The number of rotatable bonds is 75. The number of nitrogens with one attached hydrogen (secondary N) is 10. The summed E-state index contributed by atoms with van der Waals surface area (Å²) in [5.41, 5.74) is -0.855.